The smallest absolute Gasteiger partial charge is 0.241 e. The second-order valence-electron chi connectivity index (χ2n) is 6.96. The molecule has 0 spiro atoms. The topological polar surface area (TPSA) is 84.4 Å². The Morgan fingerprint density at radius 2 is 1.82 bits per heavy atom. The molecule has 2 aromatic rings. The van der Waals surface area contributed by atoms with E-state index >= 15 is 0 Å². The van der Waals surface area contributed by atoms with Crippen LogP contribution in [0.5, 0.6) is 11.6 Å². The summed E-state index contributed by atoms with van der Waals surface area (Å²) >= 11 is 0. The Bertz CT molecular complexity index is 815. The van der Waals surface area contributed by atoms with Crippen LogP contribution >= 0.6 is 0 Å². The molecule has 0 bridgehead atoms. The predicted molar refractivity (Wildman–Crippen MR) is 106 cm³/mol. The van der Waals surface area contributed by atoms with Gasteiger partial charge in [0.15, 0.2) is 0 Å². The highest BCUT2D eigenvalue weighted by molar-refractivity contribution is 5.88. The van der Waals surface area contributed by atoms with Crippen molar-refractivity contribution in [3.05, 3.63) is 42.4 Å². The molecule has 1 aromatic heterocycles. The van der Waals surface area contributed by atoms with Crippen LogP contribution in [0.2, 0.25) is 0 Å². The molecule has 1 aromatic carbocycles. The molecular formula is C21H26N4O3. The SMILES string of the molecule is CCCC(=O)N1CCC(c2nccnc2Oc2ccc(NC(C)=O)cc2)CC1. The van der Waals surface area contributed by atoms with Gasteiger partial charge in [-0.2, -0.15) is 0 Å². The Morgan fingerprint density at radius 3 is 2.46 bits per heavy atom. The lowest BCUT2D eigenvalue weighted by molar-refractivity contribution is -0.132. The van der Waals surface area contributed by atoms with Crippen LogP contribution in [-0.4, -0.2) is 39.8 Å². The van der Waals surface area contributed by atoms with Crippen LogP contribution in [0.4, 0.5) is 5.69 Å². The van der Waals surface area contributed by atoms with Crippen LogP contribution in [0.15, 0.2) is 36.7 Å². The quantitative estimate of drug-likeness (QED) is 0.823. The largest absolute Gasteiger partial charge is 0.437 e. The molecule has 1 aliphatic heterocycles. The number of anilines is 1. The fourth-order valence-electron chi connectivity index (χ4n) is 3.39. The van der Waals surface area contributed by atoms with Crippen molar-refractivity contribution in [2.45, 2.75) is 45.4 Å². The van der Waals surface area contributed by atoms with Crippen molar-refractivity contribution in [3.8, 4) is 11.6 Å². The van der Waals surface area contributed by atoms with E-state index < -0.39 is 0 Å². The predicted octanol–water partition coefficient (Wildman–Crippen LogP) is 3.73. The molecule has 2 heterocycles. The summed E-state index contributed by atoms with van der Waals surface area (Å²) in [4.78, 5) is 34.0. The van der Waals surface area contributed by atoms with Crippen LogP contribution in [0.3, 0.4) is 0 Å². The molecule has 0 unspecified atom stereocenters. The van der Waals surface area contributed by atoms with E-state index in [1.54, 1.807) is 36.7 Å². The third kappa shape index (κ3) is 5.06. The number of carbonyl (C=O) groups is 2. The monoisotopic (exact) mass is 382 g/mol. The van der Waals surface area contributed by atoms with Gasteiger partial charge in [-0.15, -0.1) is 0 Å². The van der Waals surface area contributed by atoms with E-state index in [2.05, 4.69) is 15.3 Å². The van der Waals surface area contributed by atoms with Gasteiger partial charge in [-0.1, -0.05) is 6.92 Å². The van der Waals surface area contributed by atoms with Crippen molar-refractivity contribution >= 4 is 17.5 Å². The standard InChI is InChI=1S/C21H26N4O3/c1-3-4-19(27)25-13-9-16(10-14-25)20-21(23-12-11-22-20)28-18-7-5-17(6-8-18)24-15(2)26/h5-8,11-12,16H,3-4,9-10,13-14H2,1-2H3,(H,24,26). The highest BCUT2D eigenvalue weighted by Gasteiger charge is 2.27. The molecule has 28 heavy (non-hydrogen) atoms. The van der Waals surface area contributed by atoms with Crippen molar-refractivity contribution in [2.24, 2.45) is 0 Å². The summed E-state index contributed by atoms with van der Waals surface area (Å²) in [6.45, 7) is 4.98. The minimum atomic E-state index is -0.117. The second kappa shape index (κ2) is 9.30. The van der Waals surface area contributed by atoms with Crippen molar-refractivity contribution < 1.29 is 14.3 Å². The van der Waals surface area contributed by atoms with E-state index in [-0.39, 0.29) is 17.7 Å². The van der Waals surface area contributed by atoms with E-state index in [1.807, 2.05) is 11.8 Å². The van der Waals surface area contributed by atoms with Crippen LogP contribution in [0, 0.1) is 0 Å². The number of carbonyl (C=O) groups excluding carboxylic acids is 2. The lowest BCUT2D eigenvalue weighted by Crippen LogP contribution is -2.37. The van der Waals surface area contributed by atoms with Crippen molar-refractivity contribution in [1.82, 2.24) is 14.9 Å². The number of amides is 2. The molecule has 7 heteroatoms. The number of ether oxygens (including phenoxy) is 1. The Hall–Kier alpha value is -2.96. The minimum absolute atomic E-state index is 0.117. The second-order valence-corrected chi connectivity index (χ2v) is 6.96. The molecule has 1 fully saturated rings. The maximum absolute atomic E-state index is 12.1. The fourth-order valence-corrected chi connectivity index (χ4v) is 3.39. The Balaban J connectivity index is 1.67. The maximum atomic E-state index is 12.1. The van der Waals surface area contributed by atoms with E-state index in [0.29, 0.717) is 23.7 Å². The van der Waals surface area contributed by atoms with Gasteiger partial charge in [-0.3, -0.25) is 14.6 Å². The average molecular weight is 382 g/mol. The zero-order valence-electron chi connectivity index (χ0n) is 16.4. The van der Waals surface area contributed by atoms with Gasteiger partial charge in [0.2, 0.25) is 17.7 Å². The molecule has 2 amide bonds. The first-order valence-corrected chi connectivity index (χ1v) is 9.71. The fraction of sp³-hybridized carbons (Fsp3) is 0.429. The zero-order chi connectivity index (χ0) is 19.9. The van der Waals surface area contributed by atoms with Crippen molar-refractivity contribution in [3.63, 3.8) is 0 Å². The lowest BCUT2D eigenvalue weighted by atomic mass is 9.93. The molecule has 0 radical (unpaired) electrons. The Kier molecular flexibility index (Phi) is 6.57. The van der Waals surface area contributed by atoms with Crippen LogP contribution < -0.4 is 10.1 Å². The lowest BCUT2D eigenvalue weighted by Gasteiger charge is -2.32. The maximum Gasteiger partial charge on any atom is 0.241 e. The van der Waals surface area contributed by atoms with Gasteiger partial charge in [-0.05, 0) is 43.5 Å². The molecule has 1 saturated heterocycles. The highest BCUT2D eigenvalue weighted by Crippen LogP contribution is 2.33. The summed E-state index contributed by atoms with van der Waals surface area (Å²) in [7, 11) is 0. The average Bonchev–Trinajstić information content (AvgIpc) is 2.70. The molecule has 3 rings (SSSR count). The summed E-state index contributed by atoms with van der Waals surface area (Å²) in [6.07, 6.45) is 6.49. The van der Waals surface area contributed by atoms with E-state index in [1.165, 1.54) is 6.92 Å². The van der Waals surface area contributed by atoms with E-state index in [9.17, 15) is 9.59 Å². The van der Waals surface area contributed by atoms with Crippen LogP contribution in [0.25, 0.3) is 0 Å². The van der Waals surface area contributed by atoms with Gasteiger partial charge in [0.25, 0.3) is 0 Å². The Morgan fingerprint density at radius 1 is 1.14 bits per heavy atom. The van der Waals surface area contributed by atoms with Gasteiger partial charge >= 0.3 is 0 Å². The number of rotatable bonds is 6. The first-order chi connectivity index (χ1) is 13.6. The number of likely N-dealkylation sites (tertiary alicyclic amines) is 1. The van der Waals surface area contributed by atoms with Gasteiger partial charge < -0.3 is 15.0 Å². The number of aromatic nitrogens is 2. The molecule has 148 valence electrons. The number of hydrogen-bond acceptors (Lipinski definition) is 5. The molecular weight excluding hydrogens is 356 g/mol. The van der Waals surface area contributed by atoms with Gasteiger partial charge in [0.05, 0.1) is 0 Å². The summed E-state index contributed by atoms with van der Waals surface area (Å²) < 4.78 is 5.97. The molecule has 0 aliphatic carbocycles. The van der Waals surface area contributed by atoms with Gasteiger partial charge in [-0.25, -0.2) is 4.98 Å². The highest BCUT2D eigenvalue weighted by atomic mass is 16.5. The van der Waals surface area contributed by atoms with Gasteiger partial charge in [0, 0.05) is 50.4 Å². The summed E-state index contributed by atoms with van der Waals surface area (Å²) in [5.41, 5.74) is 1.54. The van der Waals surface area contributed by atoms with Crippen LogP contribution in [0.1, 0.15) is 51.1 Å². The molecule has 1 N–H and O–H groups in total. The number of benzene rings is 1. The van der Waals surface area contributed by atoms with Crippen LogP contribution in [-0.2, 0) is 9.59 Å². The minimum Gasteiger partial charge on any atom is -0.437 e. The zero-order valence-corrected chi connectivity index (χ0v) is 16.4. The first-order valence-electron chi connectivity index (χ1n) is 9.71. The summed E-state index contributed by atoms with van der Waals surface area (Å²) in [6, 6.07) is 7.14. The Labute approximate surface area is 165 Å². The van der Waals surface area contributed by atoms with Gasteiger partial charge in [0.1, 0.15) is 11.4 Å². The summed E-state index contributed by atoms with van der Waals surface area (Å²) in [5, 5.41) is 2.73. The molecule has 7 nitrogen and oxygen atoms in total. The number of nitrogens with zero attached hydrogens (tertiary/aromatic N) is 3. The number of hydrogen-bond donors (Lipinski definition) is 1. The van der Waals surface area contributed by atoms with Crippen molar-refractivity contribution in [1.29, 1.82) is 0 Å². The van der Waals surface area contributed by atoms with E-state index in [0.717, 1.165) is 38.0 Å². The number of piperidine rings is 1. The van der Waals surface area contributed by atoms with E-state index in [4.69, 9.17) is 4.74 Å². The third-order valence-corrected chi connectivity index (χ3v) is 4.78. The summed E-state index contributed by atoms with van der Waals surface area (Å²) in [5.74, 6) is 1.46. The molecule has 1 aliphatic rings. The first kappa shape index (κ1) is 19.8. The van der Waals surface area contributed by atoms with Crippen molar-refractivity contribution in [2.75, 3.05) is 18.4 Å². The third-order valence-electron chi connectivity index (χ3n) is 4.78. The normalized spacial score (nSPS) is 14.6. The number of nitrogens with one attached hydrogen (secondary N) is 1. The molecule has 0 saturated carbocycles. The molecule has 0 atom stereocenters.